The molecule has 2 fully saturated rings. The minimum absolute atomic E-state index is 0.0206. The average Bonchev–Trinajstić information content (AvgIpc) is 2.60. The Morgan fingerprint density at radius 2 is 2.04 bits per heavy atom. The van der Waals surface area contributed by atoms with Gasteiger partial charge in [0, 0.05) is 23.5 Å². The van der Waals surface area contributed by atoms with Crippen molar-refractivity contribution in [2.75, 3.05) is 6.61 Å². The quantitative estimate of drug-likeness (QED) is 0.827. The van der Waals surface area contributed by atoms with Crippen molar-refractivity contribution in [2.24, 2.45) is 17.8 Å². The largest absolute Gasteiger partial charge is 0.484 e. The fourth-order valence-electron chi connectivity index (χ4n) is 4.31. The zero-order chi connectivity index (χ0) is 18.7. The number of nitrogens with one attached hydrogen (secondary N) is 2. The Morgan fingerprint density at radius 1 is 1.31 bits per heavy atom. The van der Waals surface area contributed by atoms with Gasteiger partial charge in [0.05, 0.1) is 0 Å². The Labute approximate surface area is 159 Å². The molecule has 1 aromatic carbocycles. The minimum Gasteiger partial charge on any atom is -0.484 e. The maximum atomic E-state index is 12.2. The van der Waals surface area contributed by atoms with E-state index in [0.717, 1.165) is 19.3 Å². The molecule has 0 bridgehead atoms. The van der Waals surface area contributed by atoms with Gasteiger partial charge in [0.2, 0.25) is 5.91 Å². The van der Waals surface area contributed by atoms with Gasteiger partial charge in [-0.25, -0.2) is 0 Å². The van der Waals surface area contributed by atoms with Crippen LogP contribution in [-0.2, 0) is 9.59 Å². The van der Waals surface area contributed by atoms with Crippen LogP contribution in [0.3, 0.4) is 0 Å². The molecule has 142 valence electrons. The van der Waals surface area contributed by atoms with Crippen LogP contribution in [0.15, 0.2) is 24.3 Å². The second-order valence-electron chi connectivity index (χ2n) is 7.77. The number of amides is 2. The van der Waals surface area contributed by atoms with Crippen LogP contribution >= 0.6 is 11.6 Å². The summed E-state index contributed by atoms with van der Waals surface area (Å²) in [6.45, 7) is 4.37. The Balaban J connectivity index is 1.49. The summed E-state index contributed by atoms with van der Waals surface area (Å²) in [6, 6.07) is 7.19. The molecule has 2 N–H and O–H groups in total. The lowest BCUT2D eigenvalue weighted by Crippen LogP contribution is -2.56. The number of rotatable bonds is 5. The fourth-order valence-corrected chi connectivity index (χ4v) is 4.44. The van der Waals surface area contributed by atoms with Crippen molar-refractivity contribution in [1.29, 1.82) is 0 Å². The van der Waals surface area contributed by atoms with E-state index in [2.05, 4.69) is 24.5 Å². The summed E-state index contributed by atoms with van der Waals surface area (Å²) in [4.78, 5) is 24.2. The third-order valence-electron chi connectivity index (χ3n) is 5.63. The molecule has 2 aliphatic rings. The van der Waals surface area contributed by atoms with Gasteiger partial charge in [-0.2, -0.15) is 0 Å². The third kappa shape index (κ3) is 4.70. The standard InChI is InChI=1S/C20H27ClN2O3/c1-12(2)17-10-19(24)23-18-9-14(5-8-16(17)18)22-20(25)11-26-15-6-3-13(21)4-7-15/h3-4,6-7,12,14,16-18H,5,8-11H2,1-2H3,(H,22,25)(H,23,24). The first-order valence-corrected chi connectivity index (χ1v) is 9.77. The number of piperidine rings is 1. The van der Waals surface area contributed by atoms with E-state index in [1.807, 2.05) is 0 Å². The first-order chi connectivity index (χ1) is 12.4. The lowest BCUT2D eigenvalue weighted by molar-refractivity contribution is -0.128. The second kappa shape index (κ2) is 8.30. The summed E-state index contributed by atoms with van der Waals surface area (Å²) < 4.78 is 5.50. The van der Waals surface area contributed by atoms with Gasteiger partial charge >= 0.3 is 0 Å². The van der Waals surface area contributed by atoms with Crippen LogP contribution in [0.4, 0.5) is 0 Å². The molecule has 1 aromatic rings. The lowest BCUT2D eigenvalue weighted by atomic mass is 9.67. The number of ether oxygens (including phenoxy) is 1. The van der Waals surface area contributed by atoms with Gasteiger partial charge < -0.3 is 15.4 Å². The van der Waals surface area contributed by atoms with Crippen molar-refractivity contribution >= 4 is 23.4 Å². The summed E-state index contributed by atoms with van der Waals surface area (Å²) in [5, 5.41) is 6.82. The van der Waals surface area contributed by atoms with Gasteiger partial charge in [0.1, 0.15) is 5.75 Å². The number of carbonyl (C=O) groups is 2. The number of fused-ring (bicyclic) bond motifs is 1. The van der Waals surface area contributed by atoms with Crippen LogP contribution in [0, 0.1) is 17.8 Å². The van der Waals surface area contributed by atoms with Crippen LogP contribution in [0.5, 0.6) is 5.75 Å². The molecular formula is C20H27ClN2O3. The SMILES string of the molecule is CC(C)C1CC(=O)NC2CC(NC(=O)COc3ccc(Cl)cc3)CCC21. The van der Waals surface area contributed by atoms with Gasteiger partial charge in [-0.15, -0.1) is 0 Å². The van der Waals surface area contributed by atoms with Crippen molar-refractivity contribution in [3.8, 4) is 5.75 Å². The van der Waals surface area contributed by atoms with E-state index >= 15 is 0 Å². The van der Waals surface area contributed by atoms with E-state index in [4.69, 9.17) is 16.3 Å². The van der Waals surface area contributed by atoms with Gasteiger partial charge in [-0.05, 0) is 61.3 Å². The van der Waals surface area contributed by atoms with Crippen LogP contribution in [-0.4, -0.2) is 30.5 Å². The first-order valence-electron chi connectivity index (χ1n) is 9.39. The topological polar surface area (TPSA) is 67.4 Å². The normalized spacial score (nSPS) is 28.2. The Kier molecular flexibility index (Phi) is 6.07. The van der Waals surface area contributed by atoms with Crippen molar-refractivity contribution < 1.29 is 14.3 Å². The molecule has 1 heterocycles. The van der Waals surface area contributed by atoms with E-state index in [0.29, 0.717) is 34.9 Å². The molecule has 5 nitrogen and oxygen atoms in total. The number of carbonyl (C=O) groups excluding carboxylic acids is 2. The molecule has 1 aliphatic heterocycles. The number of benzene rings is 1. The van der Waals surface area contributed by atoms with Crippen LogP contribution in [0.1, 0.15) is 39.5 Å². The molecule has 1 aliphatic carbocycles. The van der Waals surface area contributed by atoms with Gasteiger partial charge in [-0.3, -0.25) is 9.59 Å². The molecule has 6 heteroatoms. The molecule has 0 spiro atoms. The van der Waals surface area contributed by atoms with Crippen molar-refractivity contribution in [3.63, 3.8) is 0 Å². The van der Waals surface area contributed by atoms with Crippen LogP contribution in [0.2, 0.25) is 5.02 Å². The molecule has 2 amide bonds. The maximum absolute atomic E-state index is 12.2. The second-order valence-corrected chi connectivity index (χ2v) is 8.21. The zero-order valence-electron chi connectivity index (χ0n) is 15.3. The first kappa shape index (κ1) is 19.0. The zero-order valence-corrected chi connectivity index (χ0v) is 16.1. The average molecular weight is 379 g/mol. The lowest BCUT2D eigenvalue weighted by Gasteiger charge is -2.45. The summed E-state index contributed by atoms with van der Waals surface area (Å²) >= 11 is 5.83. The van der Waals surface area contributed by atoms with E-state index in [1.165, 1.54) is 0 Å². The highest BCUT2D eigenvalue weighted by atomic mass is 35.5. The highest BCUT2D eigenvalue weighted by molar-refractivity contribution is 6.30. The molecule has 1 saturated heterocycles. The number of halogens is 1. The van der Waals surface area contributed by atoms with E-state index < -0.39 is 0 Å². The van der Waals surface area contributed by atoms with Crippen LogP contribution in [0.25, 0.3) is 0 Å². The smallest absolute Gasteiger partial charge is 0.258 e. The minimum atomic E-state index is -0.133. The van der Waals surface area contributed by atoms with E-state index in [-0.39, 0.29) is 30.5 Å². The van der Waals surface area contributed by atoms with Crippen molar-refractivity contribution in [2.45, 2.75) is 51.6 Å². The molecule has 1 saturated carbocycles. The molecular weight excluding hydrogens is 352 g/mol. The molecule has 26 heavy (non-hydrogen) atoms. The van der Waals surface area contributed by atoms with E-state index in [1.54, 1.807) is 24.3 Å². The number of hydrogen-bond donors (Lipinski definition) is 2. The highest BCUT2D eigenvalue weighted by Gasteiger charge is 2.41. The van der Waals surface area contributed by atoms with Gasteiger partial charge in [0.15, 0.2) is 6.61 Å². The summed E-state index contributed by atoms with van der Waals surface area (Å²) in [5.74, 6) is 2.10. The predicted molar refractivity (Wildman–Crippen MR) is 101 cm³/mol. The third-order valence-corrected chi connectivity index (χ3v) is 5.88. The molecule has 4 unspecified atom stereocenters. The molecule has 3 rings (SSSR count). The Hall–Kier alpha value is -1.75. The summed E-state index contributed by atoms with van der Waals surface area (Å²) in [5.41, 5.74) is 0. The van der Waals surface area contributed by atoms with E-state index in [9.17, 15) is 9.59 Å². The van der Waals surface area contributed by atoms with Crippen molar-refractivity contribution in [1.82, 2.24) is 10.6 Å². The summed E-state index contributed by atoms with van der Waals surface area (Å²) in [6.07, 6.45) is 3.42. The monoisotopic (exact) mass is 378 g/mol. The molecule has 0 aromatic heterocycles. The van der Waals surface area contributed by atoms with Crippen LogP contribution < -0.4 is 15.4 Å². The van der Waals surface area contributed by atoms with Gasteiger partial charge in [0.25, 0.3) is 5.91 Å². The van der Waals surface area contributed by atoms with Crippen molar-refractivity contribution in [3.05, 3.63) is 29.3 Å². The summed E-state index contributed by atoms with van der Waals surface area (Å²) in [7, 11) is 0. The highest BCUT2D eigenvalue weighted by Crippen LogP contribution is 2.38. The fraction of sp³-hybridized carbons (Fsp3) is 0.600. The molecule has 4 atom stereocenters. The Bertz CT molecular complexity index is 647. The van der Waals surface area contributed by atoms with Gasteiger partial charge in [-0.1, -0.05) is 25.4 Å². The maximum Gasteiger partial charge on any atom is 0.258 e. The number of hydrogen-bond acceptors (Lipinski definition) is 3. The Morgan fingerprint density at radius 3 is 2.73 bits per heavy atom. The predicted octanol–water partition coefficient (Wildman–Crippen LogP) is 3.16. The molecule has 0 radical (unpaired) electrons.